The molecule has 1 unspecified atom stereocenters. The van der Waals surface area contributed by atoms with E-state index in [1.165, 1.54) is 37.9 Å². The summed E-state index contributed by atoms with van der Waals surface area (Å²) in [4.78, 5) is 0. The van der Waals surface area contributed by atoms with Crippen LogP contribution < -0.4 is 5.32 Å². The van der Waals surface area contributed by atoms with Gasteiger partial charge in [-0.1, -0.05) is 13.8 Å². The van der Waals surface area contributed by atoms with E-state index in [0.29, 0.717) is 12.0 Å². The molecule has 2 rings (SSSR count). The summed E-state index contributed by atoms with van der Waals surface area (Å²) in [6.45, 7) is 6.82. The molecule has 0 aliphatic carbocycles. The summed E-state index contributed by atoms with van der Waals surface area (Å²) in [5.41, 5.74) is 1.59. The fraction of sp³-hybridized carbons (Fsp3) is 0.857. The van der Waals surface area contributed by atoms with Gasteiger partial charge in [-0.15, -0.1) is 0 Å². The fourth-order valence-electron chi connectivity index (χ4n) is 2.89. The fourth-order valence-corrected chi connectivity index (χ4v) is 2.89. The van der Waals surface area contributed by atoms with Gasteiger partial charge in [-0.05, 0) is 57.2 Å². The van der Waals surface area contributed by atoms with E-state index in [4.69, 9.17) is 4.74 Å². The van der Waals surface area contributed by atoms with Crippen molar-refractivity contribution in [1.82, 2.24) is 5.32 Å². The lowest BCUT2D eigenvalue weighted by Gasteiger charge is -2.34. The van der Waals surface area contributed by atoms with Crippen LogP contribution in [0.1, 0.15) is 52.4 Å². The van der Waals surface area contributed by atoms with Crippen molar-refractivity contribution in [1.29, 1.82) is 0 Å². The molecular formula is C14H25NO. The van der Waals surface area contributed by atoms with Gasteiger partial charge in [0.05, 0.1) is 11.9 Å². The summed E-state index contributed by atoms with van der Waals surface area (Å²) in [5.74, 6) is 2.08. The Kier molecular flexibility index (Phi) is 4.28. The summed E-state index contributed by atoms with van der Waals surface area (Å²) >= 11 is 0. The van der Waals surface area contributed by atoms with Gasteiger partial charge in [0, 0.05) is 5.92 Å². The lowest BCUT2D eigenvalue weighted by atomic mass is 9.88. The van der Waals surface area contributed by atoms with E-state index < -0.39 is 0 Å². The molecule has 2 nitrogen and oxygen atoms in total. The molecule has 1 N–H and O–H groups in total. The second kappa shape index (κ2) is 5.72. The maximum Gasteiger partial charge on any atom is 0.0987 e. The minimum absolute atomic E-state index is 0.486. The Morgan fingerprint density at radius 1 is 1.19 bits per heavy atom. The van der Waals surface area contributed by atoms with Crippen LogP contribution in [0.25, 0.3) is 0 Å². The number of hydrogen-bond acceptors (Lipinski definition) is 2. The van der Waals surface area contributed by atoms with Crippen molar-refractivity contribution in [3.63, 3.8) is 0 Å². The largest absolute Gasteiger partial charge is 0.495 e. The molecule has 1 saturated heterocycles. The van der Waals surface area contributed by atoms with Gasteiger partial charge in [0.1, 0.15) is 0 Å². The molecule has 1 atom stereocenters. The molecule has 2 aliphatic heterocycles. The van der Waals surface area contributed by atoms with Crippen molar-refractivity contribution in [2.24, 2.45) is 5.92 Å². The minimum Gasteiger partial charge on any atom is -0.495 e. The zero-order valence-corrected chi connectivity index (χ0v) is 10.7. The second-order valence-electron chi connectivity index (χ2n) is 5.03. The van der Waals surface area contributed by atoms with Gasteiger partial charge in [0.15, 0.2) is 0 Å². The van der Waals surface area contributed by atoms with E-state index >= 15 is 0 Å². The lowest BCUT2D eigenvalue weighted by Crippen LogP contribution is -2.32. The summed E-state index contributed by atoms with van der Waals surface area (Å²) in [7, 11) is 0. The van der Waals surface area contributed by atoms with Gasteiger partial charge in [0.2, 0.25) is 0 Å². The third-order valence-electron chi connectivity index (χ3n) is 4.00. The Labute approximate surface area is 99.4 Å². The Morgan fingerprint density at radius 3 is 2.56 bits per heavy atom. The second-order valence-corrected chi connectivity index (χ2v) is 5.03. The molecule has 2 aliphatic rings. The molecule has 0 aromatic rings. The van der Waals surface area contributed by atoms with E-state index in [1.54, 1.807) is 5.57 Å². The number of ether oxygens (including phenoxy) is 1. The van der Waals surface area contributed by atoms with Crippen LogP contribution in [-0.2, 0) is 4.74 Å². The van der Waals surface area contributed by atoms with Crippen molar-refractivity contribution < 1.29 is 4.74 Å². The monoisotopic (exact) mass is 223 g/mol. The number of allylic oxidation sites excluding steroid dienone is 2. The maximum absolute atomic E-state index is 6.23. The zero-order valence-electron chi connectivity index (χ0n) is 10.7. The molecule has 0 radical (unpaired) electrons. The molecule has 1 fully saturated rings. The first-order chi connectivity index (χ1) is 7.85. The van der Waals surface area contributed by atoms with Gasteiger partial charge in [-0.2, -0.15) is 0 Å². The maximum atomic E-state index is 6.23. The third-order valence-corrected chi connectivity index (χ3v) is 4.00. The average Bonchev–Trinajstić information content (AvgIpc) is 2.39. The van der Waals surface area contributed by atoms with Crippen LogP contribution >= 0.6 is 0 Å². The van der Waals surface area contributed by atoms with E-state index in [9.17, 15) is 0 Å². The zero-order chi connectivity index (χ0) is 11.4. The average molecular weight is 223 g/mol. The highest BCUT2D eigenvalue weighted by Gasteiger charge is 2.27. The summed E-state index contributed by atoms with van der Waals surface area (Å²) < 4.78 is 6.23. The molecular weight excluding hydrogens is 198 g/mol. The highest BCUT2D eigenvalue weighted by Crippen LogP contribution is 2.35. The van der Waals surface area contributed by atoms with Crippen LogP contribution in [0.15, 0.2) is 11.3 Å². The molecule has 0 saturated carbocycles. The van der Waals surface area contributed by atoms with Crippen LogP contribution in [0.4, 0.5) is 0 Å². The lowest BCUT2D eigenvalue weighted by molar-refractivity contribution is 0.0587. The van der Waals surface area contributed by atoms with E-state index in [2.05, 4.69) is 19.2 Å². The van der Waals surface area contributed by atoms with Crippen LogP contribution in [-0.4, -0.2) is 19.2 Å². The SMILES string of the molecule is CCC1=C(C2CCNCC2)OC(CC)CC1. The minimum atomic E-state index is 0.486. The first-order valence-electron chi connectivity index (χ1n) is 6.94. The normalized spacial score (nSPS) is 28.0. The molecule has 2 heteroatoms. The predicted molar refractivity (Wildman–Crippen MR) is 67.3 cm³/mol. The summed E-state index contributed by atoms with van der Waals surface area (Å²) in [5, 5.41) is 3.43. The standard InChI is InChI=1S/C14H25NO/c1-3-11-5-6-13(4-2)16-14(11)12-7-9-15-10-8-12/h12-13,15H,3-10H2,1-2H3. The Morgan fingerprint density at radius 2 is 1.94 bits per heavy atom. The number of hydrogen-bond donors (Lipinski definition) is 1. The third kappa shape index (κ3) is 2.60. The summed E-state index contributed by atoms with van der Waals surface area (Å²) in [6, 6.07) is 0. The topological polar surface area (TPSA) is 21.3 Å². The molecule has 0 aromatic carbocycles. The highest BCUT2D eigenvalue weighted by molar-refractivity contribution is 5.15. The quantitative estimate of drug-likeness (QED) is 0.793. The molecule has 0 spiro atoms. The van der Waals surface area contributed by atoms with Crippen molar-refractivity contribution >= 4 is 0 Å². The Balaban J connectivity index is 2.09. The van der Waals surface area contributed by atoms with Gasteiger partial charge >= 0.3 is 0 Å². The number of rotatable bonds is 3. The first-order valence-corrected chi connectivity index (χ1v) is 6.94. The number of piperidine rings is 1. The Hall–Kier alpha value is -0.500. The smallest absolute Gasteiger partial charge is 0.0987 e. The van der Waals surface area contributed by atoms with Crippen LogP contribution in [0, 0.1) is 5.92 Å². The van der Waals surface area contributed by atoms with Gasteiger partial charge < -0.3 is 10.1 Å². The molecule has 0 amide bonds. The summed E-state index contributed by atoms with van der Waals surface area (Å²) in [6.07, 6.45) is 7.84. The van der Waals surface area contributed by atoms with Crippen molar-refractivity contribution in [2.45, 2.75) is 58.5 Å². The predicted octanol–water partition coefficient (Wildman–Crippen LogP) is 3.24. The molecule has 0 bridgehead atoms. The molecule has 2 heterocycles. The van der Waals surface area contributed by atoms with Crippen LogP contribution in [0.5, 0.6) is 0 Å². The van der Waals surface area contributed by atoms with E-state index in [0.717, 1.165) is 19.5 Å². The molecule has 16 heavy (non-hydrogen) atoms. The van der Waals surface area contributed by atoms with Crippen LogP contribution in [0.2, 0.25) is 0 Å². The first kappa shape index (κ1) is 12.0. The molecule has 0 aromatic heterocycles. The van der Waals surface area contributed by atoms with Gasteiger partial charge in [0.25, 0.3) is 0 Å². The highest BCUT2D eigenvalue weighted by atomic mass is 16.5. The van der Waals surface area contributed by atoms with Gasteiger partial charge in [-0.3, -0.25) is 0 Å². The van der Waals surface area contributed by atoms with E-state index in [-0.39, 0.29) is 0 Å². The number of nitrogens with one attached hydrogen (secondary N) is 1. The van der Waals surface area contributed by atoms with Crippen LogP contribution in [0.3, 0.4) is 0 Å². The van der Waals surface area contributed by atoms with Crippen molar-refractivity contribution in [3.05, 3.63) is 11.3 Å². The Bertz CT molecular complexity index is 253. The van der Waals surface area contributed by atoms with E-state index in [1.807, 2.05) is 0 Å². The molecule has 92 valence electrons. The van der Waals surface area contributed by atoms with Crippen molar-refractivity contribution in [3.8, 4) is 0 Å². The van der Waals surface area contributed by atoms with Gasteiger partial charge in [-0.25, -0.2) is 0 Å². The van der Waals surface area contributed by atoms with Crippen molar-refractivity contribution in [2.75, 3.05) is 13.1 Å².